The minimum absolute atomic E-state index is 0.126. The second-order valence-electron chi connectivity index (χ2n) is 5.20. The van der Waals surface area contributed by atoms with Gasteiger partial charge in [0.05, 0.1) is 10.6 Å². The van der Waals surface area contributed by atoms with E-state index in [1.807, 2.05) is 26.2 Å². The Bertz CT molecular complexity index is 596. The van der Waals surface area contributed by atoms with Crippen molar-refractivity contribution in [3.8, 4) is 0 Å². The third-order valence-corrected chi connectivity index (χ3v) is 4.62. The molecular formula is C14H18N4OS. The van der Waals surface area contributed by atoms with E-state index in [-0.39, 0.29) is 5.91 Å². The highest BCUT2D eigenvalue weighted by Gasteiger charge is 2.27. The van der Waals surface area contributed by atoms with Crippen LogP contribution in [0, 0.1) is 6.92 Å². The molecule has 1 saturated heterocycles. The number of carbonyl (C=O) groups excluding carboxylic acids is 1. The Balaban J connectivity index is 1.77. The number of aryl methyl sites for hydroxylation is 2. The molecule has 1 fully saturated rings. The summed E-state index contributed by atoms with van der Waals surface area (Å²) in [6.07, 6.45) is 7.48. The van der Waals surface area contributed by atoms with E-state index in [0.717, 1.165) is 29.5 Å². The van der Waals surface area contributed by atoms with Crippen LogP contribution in [0.4, 0.5) is 0 Å². The van der Waals surface area contributed by atoms with Gasteiger partial charge in [0.2, 0.25) is 0 Å². The molecule has 106 valence electrons. The lowest BCUT2D eigenvalue weighted by atomic mass is 10.1. The zero-order valence-electron chi connectivity index (χ0n) is 11.8. The summed E-state index contributed by atoms with van der Waals surface area (Å²) in [6.45, 7) is 3.97. The van der Waals surface area contributed by atoms with Crippen LogP contribution in [0.15, 0.2) is 16.1 Å². The number of nitrogens with zero attached hydrogens (tertiary/aromatic N) is 4. The van der Waals surface area contributed by atoms with Gasteiger partial charge in [0, 0.05) is 31.9 Å². The van der Waals surface area contributed by atoms with Crippen LogP contribution in [-0.2, 0) is 11.8 Å². The Morgan fingerprint density at radius 1 is 1.30 bits per heavy atom. The predicted molar refractivity (Wildman–Crippen MR) is 81.4 cm³/mol. The minimum Gasteiger partial charge on any atom is -0.351 e. The van der Waals surface area contributed by atoms with Gasteiger partial charge >= 0.3 is 0 Å². The lowest BCUT2D eigenvalue weighted by Gasteiger charge is -2.27. The first-order valence-electron chi connectivity index (χ1n) is 6.91. The lowest BCUT2D eigenvalue weighted by Crippen LogP contribution is -2.33. The number of piperidine rings is 1. The van der Waals surface area contributed by atoms with E-state index >= 15 is 0 Å². The van der Waals surface area contributed by atoms with Crippen molar-refractivity contribution in [2.24, 2.45) is 12.0 Å². The molecule has 0 bridgehead atoms. The number of likely N-dealkylation sites (tertiary alicyclic amines) is 1. The van der Waals surface area contributed by atoms with Gasteiger partial charge in [-0.25, -0.2) is 0 Å². The second kappa shape index (κ2) is 5.44. The standard InChI is InChI=1S/C14H18N4OS/c1-10-11(9-17(2)16-10)8-12-13(19)15-14(20-12)18-6-4-3-5-7-18/h8-9H,3-7H2,1-2H3. The highest BCUT2D eigenvalue weighted by molar-refractivity contribution is 8.18. The van der Waals surface area contributed by atoms with Crippen molar-refractivity contribution in [1.82, 2.24) is 14.7 Å². The average Bonchev–Trinajstić information content (AvgIpc) is 2.95. The molecular weight excluding hydrogens is 272 g/mol. The molecule has 0 radical (unpaired) electrons. The highest BCUT2D eigenvalue weighted by atomic mass is 32.2. The summed E-state index contributed by atoms with van der Waals surface area (Å²) < 4.78 is 1.76. The molecule has 3 rings (SSSR count). The van der Waals surface area contributed by atoms with Crippen LogP contribution < -0.4 is 0 Å². The van der Waals surface area contributed by atoms with E-state index in [2.05, 4.69) is 15.0 Å². The number of thioether (sulfide) groups is 1. The van der Waals surface area contributed by atoms with Gasteiger partial charge in [-0.3, -0.25) is 9.48 Å². The zero-order chi connectivity index (χ0) is 14.1. The van der Waals surface area contributed by atoms with Crippen LogP contribution in [0.5, 0.6) is 0 Å². The fraction of sp³-hybridized carbons (Fsp3) is 0.500. The third kappa shape index (κ3) is 2.65. The largest absolute Gasteiger partial charge is 0.351 e. The smallest absolute Gasteiger partial charge is 0.286 e. The zero-order valence-corrected chi connectivity index (χ0v) is 12.6. The van der Waals surface area contributed by atoms with Crippen LogP contribution in [0.2, 0.25) is 0 Å². The summed E-state index contributed by atoms with van der Waals surface area (Å²) in [5.41, 5.74) is 1.92. The number of aliphatic imine (C=N–C) groups is 1. The van der Waals surface area contributed by atoms with E-state index in [0.29, 0.717) is 4.91 Å². The van der Waals surface area contributed by atoms with E-state index in [1.54, 1.807) is 4.68 Å². The number of hydrogen-bond acceptors (Lipinski definition) is 4. The maximum Gasteiger partial charge on any atom is 0.286 e. The Hall–Kier alpha value is -1.56. The molecule has 1 amide bonds. The molecule has 2 aliphatic rings. The molecule has 0 atom stereocenters. The van der Waals surface area contributed by atoms with Crippen LogP contribution in [0.3, 0.4) is 0 Å². The number of carbonyl (C=O) groups is 1. The van der Waals surface area contributed by atoms with Gasteiger partial charge < -0.3 is 4.90 Å². The van der Waals surface area contributed by atoms with Gasteiger partial charge in [-0.15, -0.1) is 0 Å². The van der Waals surface area contributed by atoms with Gasteiger partial charge in [0.15, 0.2) is 5.17 Å². The number of amides is 1. The van der Waals surface area contributed by atoms with Crippen molar-refractivity contribution < 1.29 is 4.79 Å². The molecule has 0 spiro atoms. The van der Waals surface area contributed by atoms with Crippen molar-refractivity contribution in [3.63, 3.8) is 0 Å². The lowest BCUT2D eigenvalue weighted by molar-refractivity contribution is -0.113. The molecule has 0 unspecified atom stereocenters. The van der Waals surface area contributed by atoms with E-state index in [4.69, 9.17) is 0 Å². The second-order valence-corrected chi connectivity index (χ2v) is 6.21. The van der Waals surface area contributed by atoms with Crippen LogP contribution in [-0.4, -0.2) is 38.8 Å². The van der Waals surface area contributed by atoms with Gasteiger partial charge in [-0.05, 0) is 44.0 Å². The first-order chi connectivity index (χ1) is 9.63. The maximum atomic E-state index is 12.0. The first-order valence-corrected chi connectivity index (χ1v) is 7.73. The quantitative estimate of drug-likeness (QED) is 0.744. The van der Waals surface area contributed by atoms with Gasteiger partial charge in [-0.1, -0.05) is 0 Å². The molecule has 0 saturated carbocycles. The van der Waals surface area contributed by atoms with Crippen LogP contribution >= 0.6 is 11.8 Å². The third-order valence-electron chi connectivity index (χ3n) is 3.57. The predicted octanol–water partition coefficient (Wildman–Crippen LogP) is 2.18. The Morgan fingerprint density at radius 2 is 2.05 bits per heavy atom. The fourth-order valence-corrected chi connectivity index (χ4v) is 3.48. The Morgan fingerprint density at radius 3 is 2.70 bits per heavy atom. The monoisotopic (exact) mass is 290 g/mol. The van der Waals surface area contributed by atoms with Crippen LogP contribution in [0.25, 0.3) is 6.08 Å². The average molecular weight is 290 g/mol. The molecule has 0 aliphatic carbocycles. The van der Waals surface area contributed by atoms with Crippen molar-refractivity contribution >= 4 is 28.9 Å². The van der Waals surface area contributed by atoms with E-state index in [1.165, 1.54) is 31.0 Å². The Kier molecular flexibility index (Phi) is 3.65. The normalized spacial score (nSPS) is 21.7. The van der Waals surface area contributed by atoms with Crippen molar-refractivity contribution in [2.45, 2.75) is 26.2 Å². The van der Waals surface area contributed by atoms with Crippen molar-refractivity contribution in [2.75, 3.05) is 13.1 Å². The topological polar surface area (TPSA) is 50.5 Å². The summed E-state index contributed by atoms with van der Waals surface area (Å²) >= 11 is 1.49. The minimum atomic E-state index is -0.126. The van der Waals surface area contributed by atoms with Crippen LogP contribution in [0.1, 0.15) is 30.5 Å². The highest BCUT2D eigenvalue weighted by Crippen LogP contribution is 2.31. The number of hydrogen-bond donors (Lipinski definition) is 0. The summed E-state index contributed by atoms with van der Waals surface area (Å²) in [5, 5.41) is 5.15. The first kappa shape index (κ1) is 13.4. The molecule has 1 aromatic heterocycles. The molecule has 3 heterocycles. The number of aromatic nitrogens is 2. The number of rotatable bonds is 1. The summed E-state index contributed by atoms with van der Waals surface area (Å²) in [6, 6.07) is 0. The maximum absolute atomic E-state index is 12.0. The Labute approximate surface area is 122 Å². The molecule has 0 N–H and O–H groups in total. The summed E-state index contributed by atoms with van der Waals surface area (Å²) in [4.78, 5) is 19.1. The molecule has 1 aromatic rings. The summed E-state index contributed by atoms with van der Waals surface area (Å²) in [7, 11) is 1.88. The molecule has 2 aliphatic heterocycles. The van der Waals surface area contributed by atoms with Gasteiger partial charge in [0.25, 0.3) is 5.91 Å². The van der Waals surface area contributed by atoms with Gasteiger partial charge in [0.1, 0.15) is 0 Å². The van der Waals surface area contributed by atoms with E-state index < -0.39 is 0 Å². The SMILES string of the molecule is Cc1nn(C)cc1C=C1SC(N2CCCCC2)=NC1=O. The molecule has 5 nitrogen and oxygen atoms in total. The summed E-state index contributed by atoms with van der Waals surface area (Å²) in [5.74, 6) is -0.126. The fourth-order valence-electron chi connectivity index (χ4n) is 2.52. The van der Waals surface area contributed by atoms with E-state index in [9.17, 15) is 4.79 Å². The molecule has 20 heavy (non-hydrogen) atoms. The molecule has 6 heteroatoms. The van der Waals surface area contributed by atoms with Crippen molar-refractivity contribution in [1.29, 1.82) is 0 Å². The number of amidine groups is 1. The van der Waals surface area contributed by atoms with Gasteiger partial charge in [-0.2, -0.15) is 10.1 Å². The van der Waals surface area contributed by atoms with Crippen molar-refractivity contribution in [3.05, 3.63) is 22.4 Å². The molecule has 0 aromatic carbocycles.